The first-order chi connectivity index (χ1) is 2.77. The summed E-state index contributed by atoms with van der Waals surface area (Å²) in [6, 6.07) is 0. The van der Waals surface area contributed by atoms with Crippen LogP contribution in [0.1, 0.15) is 6.92 Å². The first-order valence-electron chi connectivity index (χ1n) is 1.56. The fourth-order valence-electron chi connectivity index (χ4n) is 0.0958. The Hall–Kier alpha value is -0.790. The van der Waals surface area contributed by atoms with Crippen LogP contribution in [0.15, 0.2) is 12.3 Å². The molecule has 0 saturated carbocycles. The first kappa shape index (κ1) is 5.21. The second kappa shape index (κ2) is 2.45. The monoisotopic (exact) mass is 85.0 g/mol. The summed E-state index contributed by atoms with van der Waals surface area (Å²) in [6.45, 7) is 1.33. The second-order valence-corrected chi connectivity index (χ2v) is 0.913. The molecule has 34 valence electrons. The lowest BCUT2D eigenvalue weighted by molar-refractivity contribution is -0.274. The molecule has 0 radical (unpaired) electrons. The van der Waals surface area contributed by atoms with Crippen LogP contribution in [0.3, 0.4) is 0 Å². The van der Waals surface area contributed by atoms with Crippen molar-refractivity contribution in [1.82, 2.24) is 0 Å². The first-order valence-corrected chi connectivity index (χ1v) is 1.56. The molecular weight excluding hydrogens is 80.0 g/mol. The fourth-order valence-corrected chi connectivity index (χ4v) is 0.0958. The van der Waals surface area contributed by atoms with Crippen LogP contribution in [-0.4, -0.2) is 5.78 Å². The van der Waals surface area contributed by atoms with Crippen molar-refractivity contribution in [3.05, 3.63) is 12.3 Å². The molecule has 0 fully saturated rings. The van der Waals surface area contributed by atoms with E-state index in [-0.39, 0.29) is 5.78 Å². The van der Waals surface area contributed by atoms with Gasteiger partial charge in [0.1, 0.15) is 0 Å². The van der Waals surface area contributed by atoms with E-state index >= 15 is 0 Å². The van der Waals surface area contributed by atoms with Gasteiger partial charge in [-0.15, -0.1) is 6.26 Å². The summed E-state index contributed by atoms with van der Waals surface area (Å²) in [4.78, 5) is 9.76. The van der Waals surface area contributed by atoms with Crippen LogP contribution in [0.5, 0.6) is 0 Å². The maximum Gasteiger partial charge on any atom is 0.151 e. The van der Waals surface area contributed by atoms with Gasteiger partial charge in [0.2, 0.25) is 0 Å². The van der Waals surface area contributed by atoms with Gasteiger partial charge in [-0.3, -0.25) is 4.79 Å². The molecule has 0 spiro atoms. The Bertz CT molecular complexity index is 73.6. The zero-order valence-electron chi connectivity index (χ0n) is 3.47. The molecule has 0 aromatic carbocycles. The standard InChI is InChI=1S/C4H6O2/c1-4(6)2-3-5/h2-3,5H,1H3/p-1/b3-2+. The molecule has 2 heteroatoms. The van der Waals surface area contributed by atoms with Gasteiger partial charge in [-0.1, -0.05) is 0 Å². The van der Waals surface area contributed by atoms with E-state index in [1.165, 1.54) is 6.92 Å². The van der Waals surface area contributed by atoms with E-state index in [0.717, 1.165) is 6.08 Å². The van der Waals surface area contributed by atoms with Crippen LogP contribution in [-0.2, 0) is 4.79 Å². The highest BCUT2D eigenvalue weighted by Crippen LogP contribution is 1.64. The van der Waals surface area contributed by atoms with Gasteiger partial charge in [0.05, 0.1) is 0 Å². The average molecular weight is 85.1 g/mol. The van der Waals surface area contributed by atoms with Crippen LogP contribution < -0.4 is 5.11 Å². The maximum absolute atomic E-state index is 9.76. The molecule has 0 N–H and O–H groups in total. The van der Waals surface area contributed by atoms with Crippen molar-refractivity contribution in [2.45, 2.75) is 6.92 Å². The summed E-state index contributed by atoms with van der Waals surface area (Å²) in [5.41, 5.74) is 0. The molecule has 0 heterocycles. The van der Waals surface area contributed by atoms with Gasteiger partial charge in [-0.25, -0.2) is 0 Å². The molecule has 0 rings (SSSR count). The summed E-state index contributed by atoms with van der Waals surface area (Å²) < 4.78 is 0. The van der Waals surface area contributed by atoms with Crippen molar-refractivity contribution >= 4 is 5.78 Å². The zero-order chi connectivity index (χ0) is 4.99. The molecule has 6 heavy (non-hydrogen) atoms. The molecule has 0 bridgehead atoms. The van der Waals surface area contributed by atoms with Crippen LogP contribution in [0.2, 0.25) is 0 Å². The second-order valence-electron chi connectivity index (χ2n) is 0.913. The van der Waals surface area contributed by atoms with Gasteiger partial charge >= 0.3 is 0 Å². The van der Waals surface area contributed by atoms with Crippen molar-refractivity contribution in [2.24, 2.45) is 0 Å². The van der Waals surface area contributed by atoms with Gasteiger partial charge in [-0.2, -0.15) is 0 Å². The van der Waals surface area contributed by atoms with E-state index < -0.39 is 0 Å². The Morgan fingerprint density at radius 1 is 1.83 bits per heavy atom. The van der Waals surface area contributed by atoms with Gasteiger partial charge < -0.3 is 5.11 Å². The molecule has 0 atom stereocenters. The molecule has 0 aliphatic rings. The third-order valence-electron chi connectivity index (χ3n) is 0.303. The van der Waals surface area contributed by atoms with Crippen LogP contribution in [0, 0.1) is 0 Å². The minimum absolute atomic E-state index is 0.204. The van der Waals surface area contributed by atoms with Crippen molar-refractivity contribution < 1.29 is 9.90 Å². The molecule has 0 aromatic rings. The Morgan fingerprint density at radius 2 is 2.33 bits per heavy atom. The highest BCUT2D eigenvalue weighted by molar-refractivity contribution is 5.86. The van der Waals surface area contributed by atoms with Crippen molar-refractivity contribution in [2.75, 3.05) is 0 Å². The zero-order valence-corrected chi connectivity index (χ0v) is 3.47. The summed E-state index contributed by atoms with van der Waals surface area (Å²) in [5, 5.41) is 9.34. The van der Waals surface area contributed by atoms with Crippen molar-refractivity contribution in [1.29, 1.82) is 0 Å². The summed E-state index contributed by atoms with van der Waals surface area (Å²) in [7, 11) is 0. The van der Waals surface area contributed by atoms with Crippen LogP contribution in [0.25, 0.3) is 0 Å². The molecule has 0 saturated heterocycles. The predicted molar refractivity (Wildman–Crippen MR) is 19.8 cm³/mol. The van der Waals surface area contributed by atoms with Gasteiger partial charge in [0.15, 0.2) is 5.78 Å². The fraction of sp³-hybridized carbons (Fsp3) is 0.250. The number of ketones is 1. The number of rotatable bonds is 1. The topological polar surface area (TPSA) is 40.1 Å². The van der Waals surface area contributed by atoms with Crippen LogP contribution >= 0.6 is 0 Å². The van der Waals surface area contributed by atoms with Gasteiger partial charge in [0, 0.05) is 0 Å². The Balaban J connectivity index is 3.30. The molecule has 0 unspecified atom stereocenters. The number of allylic oxidation sites excluding steroid dienone is 1. The lowest BCUT2D eigenvalue weighted by Gasteiger charge is -1.81. The summed E-state index contributed by atoms with van der Waals surface area (Å²) in [5.74, 6) is -0.204. The smallest absolute Gasteiger partial charge is 0.151 e. The largest absolute Gasteiger partial charge is 0.878 e. The summed E-state index contributed by atoms with van der Waals surface area (Å²) in [6.07, 6.45) is 1.45. The van der Waals surface area contributed by atoms with E-state index in [2.05, 4.69) is 0 Å². The van der Waals surface area contributed by atoms with E-state index in [0.29, 0.717) is 6.26 Å². The Kier molecular flexibility index (Phi) is 2.13. The van der Waals surface area contributed by atoms with E-state index in [1.807, 2.05) is 0 Å². The number of hydrogen-bond donors (Lipinski definition) is 0. The molecule has 2 nitrogen and oxygen atoms in total. The minimum atomic E-state index is -0.204. The molecular formula is C4H5O2-. The molecule has 0 aromatic heterocycles. The number of carbonyl (C=O) groups is 1. The third-order valence-corrected chi connectivity index (χ3v) is 0.303. The lowest BCUT2D eigenvalue weighted by Crippen LogP contribution is -1.88. The highest BCUT2D eigenvalue weighted by atomic mass is 16.2. The van der Waals surface area contributed by atoms with Gasteiger partial charge in [0.25, 0.3) is 0 Å². The lowest BCUT2D eigenvalue weighted by atomic mass is 10.4. The Morgan fingerprint density at radius 3 is 2.33 bits per heavy atom. The predicted octanol–water partition coefficient (Wildman–Crippen LogP) is -0.551. The molecule has 0 aliphatic carbocycles. The normalized spacial score (nSPS) is 9.50. The Labute approximate surface area is 36.1 Å². The minimum Gasteiger partial charge on any atom is -0.878 e. The SMILES string of the molecule is CC(=O)/C=C/[O-]. The highest BCUT2D eigenvalue weighted by Gasteiger charge is 1.71. The third kappa shape index (κ3) is 3.21. The quantitative estimate of drug-likeness (QED) is 0.316. The van der Waals surface area contributed by atoms with Gasteiger partial charge in [-0.05, 0) is 13.0 Å². The van der Waals surface area contributed by atoms with Crippen LogP contribution in [0.4, 0.5) is 0 Å². The van der Waals surface area contributed by atoms with E-state index in [1.54, 1.807) is 0 Å². The van der Waals surface area contributed by atoms with Crippen molar-refractivity contribution in [3.63, 3.8) is 0 Å². The molecule has 0 aliphatic heterocycles. The van der Waals surface area contributed by atoms with E-state index in [4.69, 9.17) is 0 Å². The number of hydrogen-bond acceptors (Lipinski definition) is 2. The van der Waals surface area contributed by atoms with Crippen molar-refractivity contribution in [3.8, 4) is 0 Å². The van der Waals surface area contributed by atoms with E-state index in [9.17, 15) is 9.90 Å². The maximum atomic E-state index is 9.76. The average Bonchev–Trinajstić information content (AvgIpc) is 1.35. The summed E-state index contributed by atoms with van der Waals surface area (Å²) >= 11 is 0. The number of carbonyl (C=O) groups excluding carboxylic acids is 1. The molecule has 0 amide bonds.